The number of aryl methyl sites for hydroxylation is 2. The summed E-state index contributed by atoms with van der Waals surface area (Å²) in [6, 6.07) is 14.5. The molecule has 7 nitrogen and oxygen atoms in total. The second-order valence-electron chi connectivity index (χ2n) is 9.84. The van der Waals surface area contributed by atoms with Crippen LogP contribution in [0.2, 0.25) is 0 Å². The zero-order valence-corrected chi connectivity index (χ0v) is 20.1. The number of amides is 1. The zero-order valence-electron chi connectivity index (χ0n) is 20.1. The van der Waals surface area contributed by atoms with Crippen molar-refractivity contribution < 1.29 is 4.79 Å². The van der Waals surface area contributed by atoms with Crippen molar-refractivity contribution in [3.8, 4) is 6.07 Å². The molecule has 1 saturated heterocycles. The smallest absolute Gasteiger partial charge is 0.250 e. The minimum Gasteiger partial charge on any atom is -0.352 e. The molecule has 180 valence electrons. The van der Waals surface area contributed by atoms with Gasteiger partial charge in [0.2, 0.25) is 5.91 Å². The molecular formula is C28H31N5O2. The van der Waals surface area contributed by atoms with Crippen LogP contribution < -0.4 is 10.9 Å². The molecule has 2 unspecified atom stereocenters. The third kappa shape index (κ3) is 5.13. The summed E-state index contributed by atoms with van der Waals surface area (Å²) in [5.74, 6) is -0.166. The van der Waals surface area contributed by atoms with E-state index in [1.807, 2.05) is 18.2 Å². The zero-order chi connectivity index (χ0) is 24.4. The fourth-order valence-electron chi connectivity index (χ4n) is 5.34. The molecule has 1 N–H and O–H groups in total. The Kier molecular flexibility index (Phi) is 6.65. The molecule has 2 aromatic heterocycles. The average Bonchev–Trinajstić information content (AvgIpc) is 3.73. The number of carbonyl (C=O) groups is 1. The summed E-state index contributed by atoms with van der Waals surface area (Å²) < 4.78 is 1.56. The topological polar surface area (TPSA) is 91.0 Å². The van der Waals surface area contributed by atoms with Gasteiger partial charge in [-0.15, -0.1) is 0 Å². The SMILES string of the molecule is Cn1ccc(C2CCN(C3CC3)CC2C(=O)NCc2cc(CCC#N)cc3cccnc23)cc1=O. The normalized spacial score (nSPS) is 20.5. The summed E-state index contributed by atoms with van der Waals surface area (Å²) in [5.41, 5.74) is 3.82. The summed E-state index contributed by atoms with van der Waals surface area (Å²) in [4.78, 5) is 32.9. The van der Waals surface area contributed by atoms with Crippen LogP contribution in [0.1, 0.15) is 48.3 Å². The summed E-state index contributed by atoms with van der Waals surface area (Å²) in [6.07, 6.45) is 7.97. The van der Waals surface area contributed by atoms with Gasteiger partial charge in [-0.2, -0.15) is 5.26 Å². The fourth-order valence-corrected chi connectivity index (χ4v) is 5.34. The molecule has 1 amide bonds. The number of nitrogens with one attached hydrogen (secondary N) is 1. The third-order valence-corrected chi connectivity index (χ3v) is 7.42. The minimum absolute atomic E-state index is 0.0209. The van der Waals surface area contributed by atoms with Gasteiger partial charge >= 0.3 is 0 Å². The number of piperidine rings is 1. The van der Waals surface area contributed by atoms with E-state index >= 15 is 0 Å². The molecule has 1 aliphatic carbocycles. The maximum atomic E-state index is 13.6. The quantitative estimate of drug-likeness (QED) is 0.574. The van der Waals surface area contributed by atoms with Crippen LogP contribution in [0, 0.1) is 17.2 Å². The first-order valence-electron chi connectivity index (χ1n) is 12.5. The van der Waals surface area contributed by atoms with Gasteiger partial charge in [-0.25, -0.2) is 0 Å². The van der Waals surface area contributed by atoms with Crippen LogP contribution in [-0.2, 0) is 24.8 Å². The van der Waals surface area contributed by atoms with E-state index in [1.54, 1.807) is 30.1 Å². The van der Waals surface area contributed by atoms with E-state index in [1.165, 1.54) is 12.8 Å². The molecule has 1 saturated carbocycles. The van der Waals surface area contributed by atoms with Crippen molar-refractivity contribution in [3.63, 3.8) is 0 Å². The van der Waals surface area contributed by atoms with Crippen LogP contribution in [0.4, 0.5) is 0 Å². The second kappa shape index (κ2) is 10.0. The number of rotatable bonds is 7. The first-order valence-corrected chi connectivity index (χ1v) is 12.5. The summed E-state index contributed by atoms with van der Waals surface area (Å²) in [6.45, 7) is 2.07. The number of hydrogen-bond acceptors (Lipinski definition) is 5. The molecule has 3 aromatic rings. The molecule has 1 aromatic carbocycles. The first kappa shape index (κ1) is 23.3. The standard InChI is InChI=1S/C28H31N5O2/c1-32-12-8-20(16-26(32)34)24-9-13-33(23-6-7-23)18-25(24)28(35)31-17-22-15-19(4-2-10-29)14-21-5-3-11-30-27(21)22/h3,5,8,11-12,14-16,23-25H,2,4,6-7,9,13,17-18H2,1H3,(H,31,35). The Hall–Kier alpha value is -3.50. The van der Waals surface area contributed by atoms with E-state index in [4.69, 9.17) is 5.26 Å². The predicted octanol–water partition coefficient (Wildman–Crippen LogP) is 3.27. The van der Waals surface area contributed by atoms with Crippen LogP contribution >= 0.6 is 0 Å². The Labute approximate surface area is 205 Å². The molecule has 2 aliphatic rings. The van der Waals surface area contributed by atoms with Crippen molar-refractivity contribution >= 4 is 16.8 Å². The number of likely N-dealkylation sites (tertiary alicyclic amines) is 1. The van der Waals surface area contributed by atoms with Crippen molar-refractivity contribution in [1.29, 1.82) is 5.26 Å². The van der Waals surface area contributed by atoms with Crippen LogP contribution in [0.15, 0.2) is 53.6 Å². The Morgan fingerprint density at radius 1 is 1.23 bits per heavy atom. The van der Waals surface area contributed by atoms with Crippen molar-refractivity contribution in [2.45, 2.75) is 50.6 Å². The summed E-state index contributed by atoms with van der Waals surface area (Å²) in [7, 11) is 1.75. The highest BCUT2D eigenvalue weighted by Crippen LogP contribution is 2.38. The van der Waals surface area contributed by atoms with E-state index in [2.05, 4.69) is 33.4 Å². The highest BCUT2D eigenvalue weighted by Gasteiger charge is 2.40. The summed E-state index contributed by atoms with van der Waals surface area (Å²) in [5, 5.41) is 13.2. The number of pyridine rings is 2. The maximum Gasteiger partial charge on any atom is 0.250 e. The highest BCUT2D eigenvalue weighted by atomic mass is 16.2. The van der Waals surface area contributed by atoms with Gasteiger partial charge in [0.1, 0.15) is 0 Å². The maximum absolute atomic E-state index is 13.6. The number of benzene rings is 1. The van der Waals surface area contributed by atoms with Gasteiger partial charge in [-0.05, 0) is 73.0 Å². The third-order valence-electron chi connectivity index (χ3n) is 7.42. The van der Waals surface area contributed by atoms with E-state index in [0.717, 1.165) is 47.1 Å². The van der Waals surface area contributed by atoms with E-state index in [-0.39, 0.29) is 23.3 Å². The number of hydrogen-bond donors (Lipinski definition) is 1. The van der Waals surface area contributed by atoms with E-state index in [0.29, 0.717) is 25.4 Å². The first-order chi connectivity index (χ1) is 17.0. The Bertz CT molecular complexity index is 1340. The molecule has 0 spiro atoms. The molecule has 35 heavy (non-hydrogen) atoms. The molecule has 7 heteroatoms. The minimum atomic E-state index is -0.211. The van der Waals surface area contributed by atoms with Crippen LogP contribution in [0.5, 0.6) is 0 Å². The molecule has 2 atom stereocenters. The predicted molar refractivity (Wildman–Crippen MR) is 135 cm³/mol. The lowest BCUT2D eigenvalue weighted by atomic mass is 9.80. The van der Waals surface area contributed by atoms with Crippen molar-refractivity contribution in [3.05, 3.63) is 75.8 Å². The van der Waals surface area contributed by atoms with E-state index in [9.17, 15) is 9.59 Å². The largest absolute Gasteiger partial charge is 0.352 e. The van der Waals surface area contributed by atoms with Gasteiger partial charge in [0.05, 0.1) is 17.5 Å². The number of fused-ring (bicyclic) bond motifs is 1. The lowest BCUT2D eigenvalue weighted by molar-refractivity contribution is -0.127. The number of carbonyl (C=O) groups excluding carboxylic acids is 1. The lowest BCUT2D eigenvalue weighted by Gasteiger charge is -2.38. The van der Waals surface area contributed by atoms with Crippen molar-refractivity contribution in [2.75, 3.05) is 13.1 Å². The summed E-state index contributed by atoms with van der Waals surface area (Å²) >= 11 is 0. The van der Waals surface area contributed by atoms with Crippen molar-refractivity contribution in [1.82, 2.24) is 19.8 Å². The number of aromatic nitrogens is 2. The Morgan fingerprint density at radius 2 is 2.09 bits per heavy atom. The molecule has 0 bridgehead atoms. The van der Waals surface area contributed by atoms with Gasteiger partial charge in [0, 0.05) is 56.4 Å². The van der Waals surface area contributed by atoms with Gasteiger partial charge in [0.15, 0.2) is 0 Å². The van der Waals surface area contributed by atoms with Crippen molar-refractivity contribution in [2.24, 2.45) is 13.0 Å². The molecule has 0 radical (unpaired) electrons. The van der Waals surface area contributed by atoms with E-state index < -0.39 is 0 Å². The number of nitriles is 1. The van der Waals surface area contributed by atoms with Crippen LogP contribution in [0.25, 0.3) is 10.9 Å². The Morgan fingerprint density at radius 3 is 2.86 bits per heavy atom. The monoisotopic (exact) mass is 469 g/mol. The van der Waals surface area contributed by atoms with Gasteiger partial charge in [-0.1, -0.05) is 12.1 Å². The molecule has 2 fully saturated rings. The fraction of sp³-hybridized carbons (Fsp3) is 0.429. The molecule has 3 heterocycles. The molecule has 5 rings (SSSR count). The highest BCUT2D eigenvalue weighted by molar-refractivity contribution is 5.84. The average molecular weight is 470 g/mol. The Balaban J connectivity index is 1.38. The molecule has 1 aliphatic heterocycles. The van der Waals surface area contributed by atoms with Gasteiger partial charge in [0.25, 0.3) is 5.56 Å². The van der Waals surface area contributed by atoms with Crippen LogP contribution in [0.3, 0.4) is 0 Å². The number of nitrogens with zero attached hydrogens (tertiary/aromatic N) is 4. The van der Waals surface area contributed by atoms with Gasteiger partial charge < -0.3 is 9.88 Å². The van der Waals surface area contributed by atoms with Crippen LogP contribution in [-0.4, -0.2) is 39.5 Å². The van der Waals surface area contributed by atoms with Gasteiger partial charge in [-0.3, -0.25) is 19.5 Å². The second-order valence-corrected chi connectivity index (χ2v) is 9.84. The lowest BCUT2D eigenvalue weighted by Crippen LogP contribution is -2.47. The molecular weight excluding hydrogens is 438 g/mol.